The van der Waals surface area contributed by atoms with Crippen LogP contribution in [0.2, 0.25) is 0 Å². The number of nitrogens with zero attached hydrogens (tertiary/aromatic N) is 3. The zero-order valence-electron chi connectivity index (χ0n) is 11.2. The molecule has 100 valence electrons. The highest BCUT2D eigenvalue weighted by Crippen LogP contribution is 2.22. The third-order valence-corrected chi connectivity index (χ3v) is 3.34. The summed E-state index contributed by atoms with van der Waals surface area (Å²) in [6.07, 6.45) is 2.25. The van der Waals surface area contributed by atoms with Crippen LogP contribution in [0.4, 0.5) is 5.95 Å². The Morgan fingerprint density at radius 2 is 2.11 bits per heavy atom. The Balaban J connectivity index is 2.08. The molecule has 0 aliphatic carbocycles. The number of aromatic nitrogens is 2. The van der Waals surface area contributed by atoms with Crippen molar-refractivity contribution in [2.75, 3.05) is 31.1 Å². The van der Waals surface area contributed by atoms with E-state index in [0.717, 1.165) is 44.1 Å². The molecule has 0 spiro atoms. The van der Waals surface area contributed by atoms with Gasteiger partial charge in [-0.2, -0.15) is 4.98 Å². The fraction of sp³-hybridized carbons (Fsp3) is 0.692. The summed E-state index contributed by atoms with van der Waals surface area (Å²) in [4.78, 5) is 11.2. The van der Waals surface area contributed by atoms with Crippen molar-refractivity contribution in [2.24, 2.45) is 11.7 Å². The fourth-order valence-corrected chi connectivity index (χ4v) is 2.26. The van der Waals surface area contributed by atoms with Crippen LogP contribution in [-0.2, 0) is 0 Å². The van der Waals surface area contributed by atoms with Crippen molar-refractivity contribution in [1.82, 2.24) is 9.97 Å². The minimum atomic E-state index is 0.630. The molecule has 2 N–H and O–H groups in total. The number of hydrogen-bond donors (Lipinski definition) is 1. The normalized spacial score (nSPS) is 16.9. The summed E-state index contributed by atoms with van der Waals surface area (Å²) in [7, 11) is 0. The Hall–Kier alpha value is -1.36. The van der Waals surface area contributed by atoms with Gasteiger partial charge in [-0.05, 0) is 39.2 Å². The summed E-state index contributed by atoms with van der Waals surface area (Å²) in [5.41, 5.74) is 6.65. The third-order valence-electron chi connectivity index (χ3n) is 3.34. The van der Waals surface area contributed by atoms with Gasteiger partial charge in [-0.1, -0.05) is 0 Å². The van der Waals surface area contributed by atoms with Crippen LogP contribution in [0.5, 0.6) is 5.88 Å². The number of ether oxygens (including phenoxy) is 1. The Labute approximate surface area is 108 Å². The average Bonchev–Trinajstić information content (AvgIpc) is 2.38. The molecule has 1 saturated heterocycles. The van der Waals surface area contributed by atoms with Gasteiger partial charge in [0.05, 0.1) is 6.61 Å². The van der Waals surface area contributed by atoms with E-state index >= 15 is 0 Å². The molecule has 1 aliphatic heterocycles. The van der Waals surface area contributed by atoms with Crippen molar-refractivity contribution in [3.63, 3.8) is 0 Å². The Kier molecular flexibility index (Phi) is 4.36. The van der Waals surface area contributed by atoms with E-state index in [-0.39, 0.29) is 0 Å². The third kappa shape index (κ3) is 3.10. The molecule has 1 aromatic rings. The quantitative estimate of drug-likeness (QED) is 0.874. The predicted octanol–water partition coefficient (Wildman–Crippen LogP) is 1.36. The first-order chi connectivity index (χ1) is 8.72. The molecule has 18 heavy (non-hydrogen) atoms. The second-order valence-corrected chi connectivity index (χ2v) is 4.75. The highest BCUT2D eigenvalue weighted by atomic mass is 16.5. The maximum absolute atomic E-state index is 5.71. The average molecular weight is 250 g/mol. The first-order valence-electron chi connectivity index (χ1n) is 6.66. The molecule has 0 saturated carbocycles. The molecular formula is C13H22N4O. The van der Waals surface area contributed by atoms with E-state index < -0.39 is 0 Å². The predicted molar refractivity (Wildman–Crippen MR) is 71.9 cm³/mol. The van der Waals surface area contributed by atoms with Crippen LogP contribution >= 0.6 is 0 Å². The minimum absolute atomic E-state index is 0.630. The molecule has 2 rings (SSSR count). The van der Waals surface area contributed by atoms with Gasteiger partial charge in [0, 0.05) is 24.8 Å². The molecule has 0 bridgehead atoms. The first kappa shape index (κ1) is 13.1. The summed E-state index contributed by atoms with van der Waals surface area (Å²) in [6, 6.07) is 1.87. The van der Waals surface area contributed by atoms with Crippen LogP contribution in [0.1, 0.15) is 25.5 Å². The van der Waals surface area contributed by atoms with Crippen LogP contribution < -0.4 is 15.4 Å². The highest BCUT2D eigenvalue weighted by Gasteiger charge is 2.20. The Morgan fingerprint density at radius 3 is 2.72 bits per heavy atom. The van der Waals surface area contributed by atoms with Gasteiger partial charge in [0.25, 0.3) is 0 Å². The van der Waals surface area contributed by atoms with E-state index in [9.17, 15) is 0 Å². The first-order valence-corrected chi connectivity index (χ1v) is 6.66. The SMILES string of the molecule is CCOc1cc(C)nc(N2CCC(CN)CC2)n1. The summed E-state index contributed by atoms with van der Waals surface area (Å²) in [5, 5.41) is 0. The summed E-state index contributed by atoms with van der Waals surface area (Å²) in [6.45, 7) is 7.32. The second kappa shape index (κ2) is 6.00. The van der Waals surface area contributed by atoms with Gasteiger partial charge in [0.2, 0.25) is 11.8 Å². The monoisotopic (exact) mass is 250 g/mol. The second-order valence-electron chi connectivity index (χ2n) is 4.75. The molecule has 1 fully saturated rings. The van der Waals surface area contributed by atoms with Gasteiger partial charge in [-0.25, -0.2) is 4.98 Å². The summed E-state index contributed by atoms with van der Waals surface area (Å²) < 4.78 is 5.46. The molecule has 0 radical (unpaired) electrons. The summed E-state index contributed by atoms with van der Waals surface area (Å²) >= 11 is 0. The molecule has 0 amide bonds. The zero-order chi connectivity index (χ0) is 13.0. The van der Waals surface area contributed by atoms with E-state index in [1.807, 2.05) is 19.9 Å². The van der Waals surface area contributed by atoms with Crippen molar-refractivity contribution in [1.29, 1.82) is 0 Å². The number of hydrogen-bond acceptors (Lipinski definition) is 5. The standard InChI is InChI=1S/C13H22N4O/c1-3-18-12-8-10(2)15-13(16-12)17-6-4-11(9-14)5-7-17/h8,11H,3-7,9,14H2,1-2H3. The number of nitrogens with two attached hydrogens (primary N) is 1. The number of anilines is 1. The van der Waals surface area contributed by atoms with Crippen molar-refractivity contribution in [3.05, 3.63) is 11.8 Å². The van der Waals surface area contributed by atoms with E-state index in [0.29, 0.717) is 18.4 Å². The van der Waals surface area contributed by atoms with Gasteiger partial charge in [-0.15, -0.1) is 0 Å². The largest absolute Gasteiger partial charge is 0.478 e. The van der Waals surface area contributed by atoms with Crippen LogP contribution in [-0.4, -0.2) is 36.2 Å². The van der Waals surface area contributed by atoms with Crippen LogP contribution in [0.25, 0.3) is 0 Å². The maximum Gasteiger partial charge on any atom is 0.228 e. The molecule has 0 atom stereocenters. The van der Waals surface area contributed by atoms with Crippen LogP contribution in [0.15, 0.2) is 6.07 Å². The van der Waals surface area contributed by atoms with Crippen molar-refractivity contribution >= 4 is 5.95 Å². The van der Waals surface area contributed by atoms with E-state index in [1.54, 1.807) is 0 Å². The smallest absolute Gasteiger partial charge is 0.228 e. The molecule has 1 aliphatic rings. The van der Waals surface area contributed by atoms with Crippen LogP contribution in [0.3, 0.4) is 0 Å². The van der Waals surface area contributed by atoms with Gasteiger partial charge in [0.1, 0.15) is 0 Å². The van der Waals surface area contributed by atoms with Crippen molar-refractivity contribution in [2.45, 2.75) is 26.7 Å². The maximum atomic E-state index is 5.71. The molecule has 1 aromatic heterocycles. The zero-order valence-corrected chi connectivity index (χ0v) is 11.2. The van der Waals surface area contributed by atoms with E-state index in [2.05, 4.69) is 14.9 Å². The topological polar surface area (TPSA) is 64.3 Å². The lowest BCUT2D eigenvalue weighted by atomic mass is 9.97. The molecule has 0 unspecified atom stereocenters. The van der Waals surface area contributed by atoms with Gasteiger partial charge in [-0.3, -0.25) is 0 Å². The molecule has 5 nitrogen and oxygen atoms in total. The summed E-state index contributed by atoms with van der Waals surface area (Å²) in [5.74, 6) is 2.10. The molecule has 2 heterocycles. The highest BCUT2D eigenvalue weighted by molar-refractivity contribution is 5.34. The van der Waals surface area contributed by atoms with Gasteiger partial charge < -0.3 is 15.4 Å². The van der Waals surface area contributed by atoms with E-state index in [4.69, 9.17) is 10.5 Å². The fourth-order valence-electron chi connectivity index (χ4n) is 2.26. The van der Waals surface area contributed by atoms with Crippen molar-refractivity contribution in [3.8, 4) is 5.88 Å². The van der Waals surface area contributed by atoms with Gasteiger partial charge >= 0.3 is 0 Å². The number of rotatable bonds is 4. The lowest BCUT2D eigenvalue weighted by molar-refractivity contribution is 0.325. The Bertz CT molecular complexity index is 389. The number of piperidine rings is 1. The minimum Gasteiger partial charge on any atom is -0.478 e. The molecule has 0 aromatic carbocycles. The Morgan fingerprint density at radius 1 is 1.39 bits per heavy atom. The number of aryl methyl sites for hydroxylation is 1. The molecule has 5 heteroatoms. The van der Waals surface area contributed by atoms with Gasteiger partial charge in [0.15, 0.2) is 0 Å². The lowest BCUT2D eigenvalue weighted by Crippen LogP contribution is -2.37. The lowest BCUT2D eigenvalue weighted by Gasteiger charge is -2.31. The van der Waals surface area contributed by atoms with E-state index in [1.165, 1.54) is 0 Å². The molecular weight excluding hydrogens is 228 g/mol. The van der Waals surface area contributed by atoms with Crippen LogP contribution in [0, 0.1) is 12.8 Å². The van der Waals surface area contributed by atoms with Crippen molar-refractivity contribution < 1.29 is 4.74 Å².